The first-order chi connectivity index (χ1) is 10.9. The van der Waals surface area contributed by atoms with Crippen LogP contribution in [0.25, 0.3) is 0 Å². The molecule has 0 radical (unpaired) electrons. The molecule has 0 aliphatic rings. The largest absolute Gasteiger partial charge is 0.497 e. The Balaban J connectivity index is 2.16. The van der Waals surface area contributed by atoms with Crippen molar-refractivity contribution in [3.05, 3.63) is 65.7 Å². The van der Waals surface area contributed by atoms with Gasteiger partial charge >= 0.3 is 6.18 Å². The minimum atomic E-state index is -4.55. The lowest BCUT2D eigenvalue weighted by Crippen LogP contribution is -2.46. The van der Waals surface area contributed by atoms with E-state index in [2.05, 4.69) is 5.32 Å². The molecule has 0 saturated carbocycles. The van der Waals surface area contributed by atoms with Gasteiger partial charge in [-0.3, -0.25) is 4.79 Å². The summed E-state index contributed by atoms with van der Waals surface area (Å²) in [5, 5.41) is 2.05. The lowest BCUT2D eigenvalue weighted by atomic mass is 10.0. The fourth-order valence-corrected chi connectivity index (χ4v) is 2.11. The summed E-state index contributed by atoms with van der Waals surface area (Å²) in [6.45, 7) is 0. The first-order valence-corrected chi connectivity index (χ1v) is 6.95. The van der Waals surface area contributed by atoms with Gasteiger partial charge in [-0.2, -0.15) is 13.2 Å². The van der Waals surface area contributed by atoms with Crippen LogP contribution in [-0.2, 0) is 6.42 Å². The maximum atomic E-state index is 13.2. The molecule has 0 bridgehead atoms. The highest BCUT2D eigenvalue weighted by Crippen LogP contribution is 2.25. The summed E-state index contributed by atoms with van der Waals surface area (Å²) >= 11 is 0. The number of amides is 1. The van der Waals surface area contributed by atoms with Crippen molar-refractivity contribution in [1.82, 2.24) is 5.32 Å². The fraction of sp³-hybridized carbons (Fsp3) is 0.235. The van der Waals surface area contributed by atoms with Crippen molar-refractivity contribution in [2.75, 3.05) is 7.11 Å². The molecule has 1 amide bonds. The minimum absolute atomic E-state index is 0.187. The summed E-state index contributed by atoms with van der Waals surface area (Å²) in [4.78, 5) is 12.0. The van der Waals surface area contributed by atoms with E-state index in [1.54, 1.807) is 36.4 Å². The molecule has 0 heterocycles. The summed E-state index contributed by atoms with van der Waals surface area (Å²) in [7, 11) is 1.44. The van der Waals surface area contributed by atoms with Crippen LogP contribution >= 0.6 is 0 Å². The molecule has 0 aliphatic carbocycles. The number of hydrogen-bond donors (Lipinski definition) is 1. The topological polar surface area (TPSA) is 38.3 Å². The van der Waals surface area contributed by atoms with Gasteiger partial charge in [0.1, 0.15) is 11.8 Å². The Bertz CT molecular complexity index is 656. The van der Waals surface area contributed by atoms with E-state index in [9.17, 15) is 18.0 Å². The summed E-state index contributed by atoms with van der Waals surface area (Å²) in [5.74, 6) is -0.284. The molecule has 1 N–H and O–H groups in total. The van der Waals surface area contributed by atoms with Crippen LogP contribution in [0, 0.1) is 0 Å². The molecule has 0 saturated heterocycles. The summed E-state index contributed by atoms with van der Waals surface area (Å²) in [6.07, 6.45) is -4.91. The van der Waals surface area contributed by atoms with Crippen LogP contribution < -0.4 is 10.1 Å². The van der Waals surface area contributed by atoms with Gasteiger partial charge < -0.3 is 10.1 Å². The average molecular weight is 323 g/mol. The standard InChI is InChI=1S/C17H16F3NO2/c1-23-14-9-5-6-12(10-14)11-15(17(18,19)20)21-16(22)13-7-3-2-4-8-13/h2-10,15H,11H2,1H3,(H,21,22)/t15-/m1/s1. The molecular formula is C17H16F3NO2. The van der Waals surface area contributed by atoms with Crippen molar-refractivity contribution in [3.8, 4) is 5.75 Å². The molecule has 23 heavy (non-hydrogen) atoms. The molecule has 0 spiro atoms. The minimum Gasteiger partial charge on any atom is -0.497 e. The van der Waals surface area contributed by atoms with E-state index in [4.69, 9.17) is 4.74 Å². The third kappa shape index (κ3) is 4.74. The van der Waals surface area contributed by atoms with Crippen LogP contribution in [0.5, 0.6) is 5.75 Å². The Morgan fingerprint density at radius 2 is 1.83 bits per heavy atom. The lowest BCUT2D eigenvalue weighted by Gasteiger charge is -2.22. The van der Waals surface area contributed by atoms with E-state index in [1.807, 2.05) is 0 Å². The van der Waals surface area contributed by atoms with Crippen LogP contribution in [0.3, 0.4) is 0 Å². The summed E-state index contributed by atoms with van der Waals surface area (Å²) in [6, 6.07) is 12.2. The van der Waals surface area contributed by atoms with Crippen molar-refractivity contribution in [3.63, 3.8) is 0 Å². The Kier molecular flexibility index (Phi) is 5.26. The highest BCUT2D eigenvalue weighted by Gasteiger charge is 2.40. The van der Waals surface area contributed by atoms with Gasteiger partial charge in [0, 0.05) is 12.0 Å². The quantitative estimate of drug-likeness (QED) is 0.913. The van der Waals surface area contributed by atoms with Gasteiger partial charge in [0.05, 0.1) is 7.11 Å². The predicted octanol–water partition coefficient (Wildman–Crippen LogP) is 3.60. The summed E-state index contributed by atoms with van der Waals surface area (Å²) < 4.78 is 44.7. The van der Waals surface area contributed by atoms with E-state index in [-0.39, 0.29) is 12.0 Å². The molecule has 2 rings (SSSR count). The van der Waals surface area contributed by atoms with E-state index in [0.29, 0.717) is 11.3 Å². The number of carbonyl (C=O) groups is 1. The molecule has 0 fully saturated rings. The number of ether oxygens (including phenoxy) is 1. The average Bonchev–Trinajstić information content (AvgIpc) is 2.54. The predicted molar refractivity (Wildman–Crippen MR) is 80.4 cm³/mol. The molecular weight excluding hydrogens is 307 g/mol. The molecule has 1 atom stereocenters. The zero-order valence-electron chi connectivity index (χ0n) is 12.4. The van der Waals surface area contributed by atoms with Crippen LogP contribution in [0.15, 0.2) is 54.6 Å². The second-order valence-corrected chi connectivity index (χ2v) is 4.99. The number of nitrogens with one attached hydrogen (secondary N) is 1. The molecule has 2 aromatic carbocycles. The Labute approximate surface area is 132 Å². The normalized spacial score (nSPS) is 12.5. The van der Waals surface area contributed by atoms with Crippen molar-refractivity contribution < 1.29 is 22.7 Å². The Morgan fingerprint density at radius 3 is 2.43 bits per heavy atom. The van der Waals surface area contributed by atoms with Crippen LogP contribution in [-0.4, -0.2) is 25.2 Å². The molecule has 122 valence electrons. The van der Waals surface area contributed by atoms with Gasteiger partial charge in [0.25, 0.3) is 5.91 Å². The van der Waals surface area contributed by atoms with E-state index in [1.165, 1.54) is 25.3 Å². The van der Waals surface area contributed by atoms with Crippen LogP contribution in [0.2, 0.25) is 0 Å². The third-order valence-electron chi connectivity index (χ3n) is 3.31. The molecule has 0 unspecified atom stereocenters. The highest BCUT2D eigenvalue weighted by atomic mass is 19.4. The van der Waals surface area contributed by atoms with Gasteiger partial charge in [0.2, 0.25) is 0 Å². The SMILES string of the molecule is COc1cccc(C[C@@H](NC(=O)c2ccccc2)C(F)(F)F)c1. The maximum Gasteiger partial charge on any atom is 0.408 e. The van der Waals surface area contributed by atoms with Gasteiger partial charge in [-0.25, -0.2) is 0 Å². The first kappa shape index (κ1) is 16.9. The zero-order valence-corrected chi connectivity index (χ0v) is 12.4. The number of carbonyl (C=O) groups excluding carboxylic acids is 1. The van der Waals surface area contributed by atoms with Crippen molar-refractivity contribution >= 4 is 5.91 Å². The number of halogens is 3. The Hall–Kier alpha value is -2.50. The number of rotatable bonds is 5. The first-order valence-electron chi connectivity index (χ1n) is 6.95. The summed E-state index contributed by atoms with van der Waals surface area (Å²) in [5.41, 5.74) is 0.618. The van der Waals surface area contributed by atoms with Crippen molar-refractivity contribution in [1.29, 1.82) is 0 Å². The van der Waals surface area contributed by atoms with Crippen molar-refractivity contribution in [2.45, 2.75) is 18.6 Å². The van der Waals surface area contributed by atoms with Gasteiger partial charge in [-0.1, -0.05) is 30.3 Å². The van der Waals surface area contributed by atoms with E-state index in [0.717, 1.165) is 0 Å². The van der Waals surface area contributed by atoms with Gasteiger partial charge in [0.15, 0.2) is 0 Å². The molecule has 6 heteroatoms. The van der Waals surface area contributed by atoms with Crippen LogP contribution in [0.4, 0.5) is 13.2 Å². The highest BCUT2D eigenvalue weighted by molar-refractivity contribution is 5.94. The van der Waals surface area contributed by atoms with E-state index >= 15 is 0 Å². The van der Waals surface area contributed by atoms with E-state index < -0.39 is 18.1 Å². The smallest absolute Gasteiger partial charge is 0.408 e. The second kappa shape index (κ2) is 7.17. The molecule has 0 aromatic heterocycles. The number of methoxy groups -OCH3 is 1. The monoisotopic (exact) mass is 323 g/mol. The number of benzene rings is 2. The lowest BCUT2D eigenvalue weighted by molar-refractivity contribution is -0.153. The molecule has 3 nitrogen and oxygen atoms in total. The zero-order chi connectivity index (χ0) is 16.9. The molecule has 2 aromatic rings. The second-order valence-electron chi connectivity index (χ2n) is 4.99. The van der Waals surface area contributed by atoms with Crippen molar-refractivity contribution in [2.24, 2.45) is 0 Å². The number of alkyl halides is 3. The fourth-order valence-electron chi connectivity index (χ4n) is 2.11. The third-order valence-corrected chi connectivity index (χ3v) is 3.31. The Morgan fingerprint density at radius 1 is 1.13 bits per heavy atom. The maximum absolute atomic E-state index is 13.2. The van der Waals surface area contributed by atoms with Gasteiger partial charge in [-0.15, -0.1) is 0 Å². The molecule has 0 aliphatic heterocycles. The van der Waals surface area contributed by atoms with Gasteiger partial charge in [-0.05, 0) is 29.8 Å². The number of hydrogen-bond acceptors (Lipinski definition) is 2. The van der Waals surface area contributed by atoms with Crippen LogP contribution in [0.1, 0.15) is 15.9 Å².